The molecular weight excluding hydrogens is 439 g/mol. The molecule has 2 aromatic rings. The monoisotopic (exact) mass is 464 g/mol. The third kappa shape index (κ3) is 5.31. The Morgan fingerprint density at radius 2 is 1.63 bits per heavy atom. The van der Waals surface area contributed by atoms with E-state index in [-0.39, 0.29) is 11.9 Å². The third-order valence-corrected chi connectivity index (χ3v) is 7.33. The summed E-state index contributed by atoms with van der Waals surface area (Å²) in [6.07, 6.45) is 6.82. The van der Waals surface area contributed by atoms with E-state index < -0.39 is 0 Å². The molecule has 3 nitrogen and oxygen atoms in total. The van der Waals surface area contributed by atoms with E-state index in [9.17, 15) is 4.79 Å². The molecule has 1 saturated heterocycles. The van der Waals surface area contributed by atoms with Crippen LogP contribution >= 0.6 is 34.8 Å². The molecule has 160 valence electrons. The number of nitrogens with zero attached hydrogens (tertiary/aromatic N) is 1. The van der Waals surface area contributed by atoms with Crippen LogP contribution in [0.3, 0.4) is 0 Å². The van der Waals surface area contributed by atoms with Gasteiger partial charge in [-0.05, 0) is 93.4 Å². The van der Waals surface area contributed by atoms with Crippen molar-refractivity contribution in [2.45, 2.75) is 50.6 Å². The first-order valence-electron chi connectivity index (χ1n) is 10.7. The van der Waals surface area contributed by atoms with Crippen LogP contribution in [0.15, 0.2) is 42.5 Å². The normalized spacial score (nSPS) is 22.9. The van der Waals surface area contributed by atoms with Gasteiger partial charge in [-0.3, -0.25) is 9.69 Å². The number of benzene rings is 2. The number of piperidine rings is 1. The van der Waals surface area contributed by atoms with Gasteiger partial charge in [0.05, 0.1) is 10.6 Å². The van der Waals surface area contributed by atoms with Gasteiger partial charge in [0, 0.05) is 22.1 Å². The van der Waals surface area contributed by atoms with Crippen LogP contribution in [0.2, 0.25) is 15.1 Å². The standard InChI is InChI=1S/C24H27Cl3N2O/c25-18-6-4-16(5-7-18)14-17-10-12-29(13-11-17)23-3-1-2-22(23)28-24(30)20-9-8-19(26)15-21(20)27/h4-9,15,17,22-23H,1-3,10-14H2,(H,28,30). The Balaban J connectivity index is 1.31. The first-order valence-corrected chi connectivity index (χ1v) is 11.9. The Hall–Kier alpha value is -1.26. The van der Waals surface area contributed by atoms with Gasteiger partial charge < -0.3 is 5.32 Å². The lowest BCUT2D eigenvalue weighted by molar-refractivity contribution is 0.0862. The fraction of sp³-hybridized carbons (Fsp3) is 0.458. The quantitative estimate of drug-likeness (QED) is 0.566. The van der Waals surface area contributed by atoms with E-state index in [1.165, 1.54) is 18.4 Å². The molecule has 2 fully saturated rings. The minimum atomic E-state index is -0.105. The number of carbonyl (C=O) groups excluding carboxylic acids is 1. The Morgan fingerprint density at radius 3 is 2.33 bits per heavy atom. The van der Waals surface area contributed by atoms with Crippen molar-refractivity contribution in [3.05, 3.63) is 68.7 Å². The van der Waals surface area contributed by atoms with Gasteiger partial charge in [0.15, 0.2) is 0 Å². The number of hydrogen-bond acceptors (Lipinski definition) is 2. The average molecular weight is 466 g/mol. The highest BCUT2D eigenvalue weighted by Crippen LogP contribution is 2.30. The second kappa shape index (κ2) is 9.91. The number of hydrogen-bond donors (Lipinski definition) is 1. The van der Waals surface area contributed by atoms with Crippen molar-refractivity contribution < 1.29 is 4.79 Å². The second-order valence-electron chi connectivity index (χ2n) is 8.51. The van der Waals surface area contributed by atoms with E-state index in [0.29, 0.717) is 27.6 Å². The zero-order valence-electron chi connectivity index (χ0n) is 16.9. The van der Waals surface area contributed by atoms with Gasteiger partial charge >= 0.3 is 0 Å². The number of amides is 1. The molecule has 1 N–H and O–H groups in total. The summed E-state index contributed by atoms with van der Waals surface area (Å²) in [5.74, 6) is 0.607. The summed E-state index contributed by atoms with van der Waals surface area (Å²) in [5, 5.41) is 4.97. The summed E-state index contributed by atoms with van der Waals surface area (Å²) in [5.41, 5.74) is 1.86. The first kappa shape index (κ1) is 22.0. The SMILES string of the molecule is O=C(NC1CCCC1N1CCC(Cc2ccc(Cl)cc2)CC1)c1ccc(Cl)cc1Cl. The van der Waals surface area contributed by atoms with Crippen LogP contribution in [0.4, 0.5) is 0 Å². The number of carbonyl (C=O) groups is 1. The lowest BCUT2D eigenvalue weighted by atomic mass is 9.89. The number of halogens is 3. The van der Waals surface area contributed by atoms with Crippen LogP contribution < -0.4 is 5.32 Å². The van der Waals surface area contributed by atoms with Gasteiger partial charge in [-0.2, -0.15) is 0 Å². The molecular formula is C24H27Cl3N2O. The third-order valence-electron chi connectivity index (χ3n) is 6.53. The Bertz CT molecular complexity index is 879. The van der Waals surface area contributed by atoms with Crippen molar-refractivity contribution in [1.82, 2.24) is 10.2 Å². The maximum Gasteiger partial charge on any atom is 0.253 e. The first-order chi connectivity index (χ1) is 14.5. The number of rotatable bonds is 5. The molecule has 2 aromatic carbocycles. The van der Waals surface area contributed by atoms with Gasteiger partial charge in [-0.1, -0.05) is 46.9 Å². The van der Waals surface area contributed by atoms with E-state index >= 15 is 0 Å². The van der Waals surface area contributed by atoms with Crippen molar-refractivity contribution in [2.24, 2.45) is 5.92 Å². The molecule has 0 spiro atoms. The lowest BCUT2D eigenvalue weighted by Crippen LogP contribution is -2.51. The molecule has 4 rings (SSSR count). The molecule has 2 unspecified atom stereocenters. The van der Waals surface area contributed by atoms with E-state index in [0.717, 1.165) is 43.8 Å². The van der Waals surface area contributed by atoms with Crippen LogP contribution in [0, 0.1) is 5.92 Å². The van der Waals surface area contributed by atoms with Crippen molar-refractivity contribution in [3.8, 4) is 0 Å². The molecule has 2 aliphatic rings. The van der Waals surface area contributed by atoms with Crippen molar-refractivity contribution in [3.63, 3.8) is 0 Å². The lowest BCUT2D eigenvalue weighted by Gasteiger charge is -2.38. The average Bonchev–Trinajstić information content (AvgIpc) is 3.18. The topological polar surface area (TPSA) is 32.3 Å². The molecule has 0 bridgehead atoms. The maximum absolute atomic E-state index is 12.8. The zero-order chi connectivity index (χ0) is 21.1. The fourth-order valence-electron chi connectivity index (χ4n) is 4.91. The Labute approximate surface area is 193 Å². The van der Waals surface area contributed by atoms with Crippen molar-refractivity contribution in [2.75, 3.05) is 13.1 Å². The summed E-state index contributed by atoms with van der Waals surface area (Å²) in [4.78, 5) is 15.4. The van der Waals surface area contributed by atoms with E-state index in [1.54, 1.807) is 18.2 Å². The second-order valence-corrected chi connectivity index (χ2v) is 9.79. The predicted octanol–water partition coefficient (Wildman–Crippen LogP) is 6.25. The molecule has 0 radical (unpaired) electrons. The van der Waals surface area contributed by atoms with Crippen LogP contribution in [-0.4, -0.2) is 36.0 Å². The highest BCUT2D eigenvalue weighted by Gasteiger charge is 2.35. The molecule has 1 aliphatic carbocycles. The maximum atomic E-state index is 12.8. The van der Waals surface area contributed by atoms with Crippen LogP contribution in [0.1, 0.15) is 48.0 Å². The van der Waals surface area contributed by atoms with Crippen LogP contribution in [0.5, 0.6) is 0 Å². The highest BCUT2D eigenvalue weighted by molar-refractivity contribution is 6.36. The van der Waals surface area contributed by atoms with E-state index in [4.69, 9.17) is 34.8 Å². The number of likely N-dealkylation sites (tertiary alicyclic amines) is 1. The summed E-state index contributed by atoms with van der Waals surface area (Å²) in [6, 6.07) is 13.9. The zero-order valence-corrected chi connectivity index (χ0v) is 19.2. The molecule has 1 amide bonds. The molecule has 30 heavy (non-hydrogen) atoms. The molecule has 1 heterocycles. The predicted molar refractivity (Wildman–Crippen MR) is 125 cm³/mol. The van der Waals surface area contributed by atoms with Gasteiger partial charge in [-0.25, -0.2) is 0 Å². The minimum Gasteiger partial charge on any atom is -0.348 e. The van der Waals surface area contributed by atoms with Crippen LogP contribution in [0.25, 0.3) is 0 Å². The molecule has 0 aromatic heterocycles. The van der Waals surface area contributed by atoms with Crippen LogP contribution in [-0.2, 0) is 6.42 Å². The molecule has 1 aliphatic heterocycles. The largest absolute Gasteiger partial charge is 0.348 e. The summed E-state index contributed by atoms with van der Waals surface area (Å²) in [7, 11) is 0. The van der Waals surface area contributed by atoms with Gasteiger partial charge in [-0.15, -0.1) is 0 Å². The smallest absolute Gasteiger partial charge is 0.253 e. The Kier molecular flexibility index (Phi) is 7.25. The van der Waals surface area contributed by atoms with Gasteiger partial charge in [0.25, 0.3) is 5.91 Å². The number of nitrogens with one attached hydrogen (secondary N) is 1. The van der Waals surface area contributed by atoms with Gasteiger partial charge in [0.1, 0.15) is 0 Å². The fourth-order valence-corrected chi connectivity index (χ4v) is 5.53. The van der Waals surface area contributed by atoms with Crippen molar-refractivity contribution in [1.29, 1.82) is 0 Å². The summed E-state index contributed by atoms with van der Waals surface area (Å²) in [6.45, 7) is 2.19. The van der Waals surface area contributed by atoms with E-state index in [2.05, 4.69) is 22.3 Å². The van der Waals surface area contributed by atoms with E-state index in [1.807, 2.05) is 12.1 Å². The van der Waals surface area contributed by atoms with Crippen molar-refractivity contribution >= 4 is 40.7 Å². The molecule has 6 heteroatoms. The molecule has 1 saturated carbocycles. The molecule has 2 atom stereocenters. The highest BCUT2D eigenvalue weighted by atomic mass is 35.5. The minimum absolute atomic E-state index is 0.105. The van der Waals surface area contributed by atoms with Gasteiger partial charge in [0.2, 0.25) is 0 Å². The Morgan fingerprint density at radius 1 is 0.933 bits per heavy atom. The summed E-state index contributed by atoms with van der Waals surface area (Å²) < 4.78 is 0. The summed E-state index contributed by atoms with van der Waals surface area (Å²) >= 11 is 18.2.